The fourth-order valence-electron chi connectivity index (χ4n) is 3.78. The minimum Gasteiger partial charge on any atom is -0.348 e. The molecule has 0 saturated carbocycles. The number of aryl methyl sites for hydroxylation is 2. The number of hydrogen-bond acceptors (Lipinski definition) is 3. The van der Waals surface area contributed by atoms with E-state index in [1.165, 1.54) is 18.5 Å². The molecular weight excluding hydrogens is 419 g/mol. The quantitative estimate of drug-likeness (QED) is 0.487. The number of aromatic nitrogens is 4. The Bertz CT molecular complexity index is 1280. The lowest BCUT2D eigenvalue weighted by Gasteiger charge is -2.16. The minimum absolute atomic E-state index is 0.0484. The van der Waals surface area contributed by atoms with E-state index in [0.29, 0.717) is 0 Å². The number of nitrogens with zero attached hydrogens (tertiary/aromatic N) is 4. The summed E-state index contributed by atoms with van der Waals surface area (Å²) in [7, 11) is 0. The summed E-state index contributed by atoms with van der Waals surface area (Å²) in [5, 5.41) is 6.97. The number of carbonyl (C=O) groups excluding carboxylic acids is 1. The second-order valence-corrected chi connectivity index (χ2v) is 7.73. The van der Waals surface area contributed by atoms with Gasteiger partial charge in [0.25, 0.3) is 0 Å². The molecule has 1 amide bonds. The summed E-state index contributed by atoms with van der Waals surface area (Å²) in [5.41, 5.74) is 1.51. The normalized spacial score (nSPS) is 12.8. The van der Waals surface area contributed by atoms with Crippen LogP contribution < -0.4 is 5.32 Å². The van der Waals surface area contributed by atoms with Crippen molar-refractivity contribution < 1.29 is 18.0 Å². The fourth-order valence-corrected chi connectivity index (χ4v) is 3.78. The van der Waals surface area contributed by atoms with Crippen LogP contribution in [-0.4, -0.2) is 25.2 Å². The molecule has 0 bridgehead atoms. The number of alkyl halides is 3. The van der Waals surface area contributed by atoms with Crippen LogP contribution in [0.25, 0.3) is 16.7 Å². The monoisotopic (exact) mass is 441 g/mol. The Hall–Kier alpha value is -3.62. The molecule has 4 aromatic rings. The van der Waals surface area contributed by atoms with E-state index in [9.17, 15) is 18.0 Å². The van der Waals surface area contributed by atoms with Gasteiger partial charge in [0, 0.05) is 23.8 Å². The van der Waals surface area contributed by atoms with Crippen LogP contribution in [0, 0.1) is 13.8 Å². The van der Waals surface area contributed by atoms with Gasteiger partial charge in [-0.25, -0.2) is 9.67 Å². The third-order valence-electron chi connectivity index (χ3n) is 5.25. The Morgan fingerprint density at radius 3 is 2.53 bits per heavy atom. The highest BCUT2D eigenvalue weighted by Crippen LogP contribution is 2.36. The zero-order valence-electron chi connectivity index (χ0n) is 17.8. The van der Waals surface area contributed by atoms with Crippen LogP contribution in [0.3, 0.4) is 0 Å². The molecule has 0 radical (unpaired) electrons. The van der Waals surface area contributed by atoms with Crippen molar-refractivity contribution in [2.24, 2.45) is 0 Å². The van der Waals surface area contributed by atoms with Crippen LogP contribution in [0.15, 0.2) is 54.9 Å². The molecule has 32 heavy (non-hydrogen) atoms. The Morgan fingerprint density at radius 1 is 1.12 bits per heavy atom. The average molecular weight is 441 g/mol. The van der Waals surface area contributed by atoms with Crippen LogP contribution >= 0.6 is 0 Å². The summed E-state index contributed by atoms with van der Waals surface area (Å²) >= 11 is 0. The van der Waals surface area contributed by atoms with Gasteiger partial charge >= 0.3 is 6.18 Å². The highest BCUT2D eigenvalue weighted by Gasteiger charge is 2.35. The first kappa shape index (κ1) is 21.6. The lowest BCUT2D eigenvalue weighted by molar-refractivity contribution is -0.136. The van der Waals surface area contributed by atoms with Crippen LogP contribution in [-0.2, 0) is 17.5 Å². The number of amides is 1. The Morgan fingerprint density at radius 2 is 1.84 bits per heavy atom. The van der Waals surface area contributed by atoms with Gasteiger partial charge in [0.15, 0.2) is 5.65 Å². The molecule has 3 heterocycles. The molecule has 0 saturated heterocycles. The van der Waals surface area contributed by atoms with E-state index in [4.69, 9.17) is 0 Å². The molecule has 1 N–H and O–H groups in total. The molecule has 4 rings (SSSR count). The molecule has 1 unspecified atom stereocenters. The lowest BCUT2D eigenvalue weighted by Crippen LogP contribution is -2.30. The average Bonchev–Trinajstić information content (AvgIpc) is 3.36. The van der Waals surface area contributed by atoms with Crippen molar-refractivity contribution in [2.75, 3.05) is 0 Å². The maximum Gasteiger partial charge on any atom is 0.417 e. The van der Waals surface area contributed by atoms with Crippen molar-refractivity contribution in [3.05, 3.63) is 77.4 Å². The molecule has 1 atom stereocenters. The van der Waals surface area contributed by atoms with Gasteiger partial charge < -0.3 is 9.88 Å². The summed E-state index contributed by atoms with van der Waals surface area (Å²) in [4.78, 5) is 16.9. The van der Waals surface area contributed by atoms with E-state index in [2.05, 4.69) is 15.4 Å². The molecular formula is C23H22F3N5O. The molecule has 0 aliphatic rings. The van der Waals surface area contributed by atoms with Gasteiger partial charge in [-0.3, -0.25) is 4.79 Å². The van der Waals surface area contributed by atoms with Crippen LogP contribution in [0.4, 0.5) is 13.2 Å². The van der Waals surface area contributed by atoms with E-state index >= 15 is 0 Å². The van der Waals surface area contributed by atoms with Gasteiger partial charge in [0.2, 0.25) is 5.91 Å². The van der Waals surface area contributed by atoms with Gasteiger partial charge in [-0.2, -0.15) is 18.3 Å². The molecule has 0 fully saturated rings. The molecule has 166 valence electrons. The van der Waals surface area contributed by atoms with Gasteiger partial charge in [-0.15, -0.1) is 0 Å². The van der Waals surface area contributed by atoms with Crippen molar-refractivity contribution in [2.45, 2.75) is 39.5 Å². The van der Waals surface area contributed by atoms with E-state index < -0.39 is 11.7 Å². The highest BCUT2D eigenvalue weighted by molar-refractivity contribution is 5.85. The van der Waals surface area contributed by atoms with Crippen molar-refractivity contribution in [3.8, 4) is 5.69 Å². The number of halogens is 3. The number of rotatable bonds is 5. The molecule has 1 aromatic carbocycles. The second kappa shape index (κ2) is 8.14. The number of benzene rings is 1. The second-order valence-electron chi connectivity index (χ2n) is 7.73. The molecule has 0 aliphatic carbocycles. The van der Waals surface area contributed by atoms with Crippen LogP contribution in [0.1, 0.15) is 35.5 Å². The van der Waals surface area contributed by atoms with Crippen molar-refractivity contribution >= 4 is 16.9 Å². The smallest absolute Gasteiger partial charge is 0.348 e. The van der Waals surface area contributed by atoms with Gasteiger partial charge in [0.1, 0.15) is 6.54 Å². The number of pyridine rings is 1. The number of carbonyl (C=O) groups is 1. The lowest BCUT2D eigenvalue weighted by atomic mass is 10.1. The van der Waals surface area contributed by atoms with Gasteiger partial charge in [-0.1, -0.05) is 12.1 Å². The van der Waals surface area contributed by atoms with E-state index in [-0.39, 0.29) is 40.9 Å². The molecule has 6 nitrogen and oxygen atoms in total. The third kappa shape index (κ3) is 4.23. The van der Waals surface area contributed by atoms with E-state index in [1.54, 1.807) is 0 Å². The Kier molecular flexibility index (Phi) is 5.50. The Balaban J connectivity index is 1.56. The topological polar surface area (TPSA) is 64.7 Å². The maximum absolute atomic E-state index is 13.5. The van der Waals surface area contributed by atoms with E-state index in [1.807, 2.05) is 60.3 Å². The predicted molar refractivity (Wildman–Crippen MR) is 114 cm³/mol. The van der Waals surface area contributed by atoms with Crippen molar-refractivity contribution in [3.63, 3.8) is 0 Å². The summed E-state index contributed by atoms with van der Waals surface area (Å²) in [6, 6.07) is 12.3. The molecule has 0 spiro atoms. The fraction of sp³-hybridized carbons (Fsp3) is 0.261. The van der Waals surface area contributed by atoms with Crippen molar-refractivity contribution in [1.29, 1.82) is 0 Å². The summed E-state index contributed by atoms with van der Waals surface area (Å²) in [5.74, 6) is -0.370. The summed E-state index contributed by atoms with van der Waals surface area (Å²) < 4.78 is 43.7. The Labute approximate surface area is 182 Å². The summed E-state index contributed by atoms with van der Waals surface area (Å²) in [6.45, 7) is 4.59. The number of fused-ring (bicyclic) bond motifs is 1. The van der Waals surface area contributed by atoms with Crippen LogP contribution in [0.2, 0.25) is 0 Å². The zero-order valence-corrected chi connectivity index (χ0v) is 17.8. The summed E-state index contributed by atoms with van der Waals surface area (Å²) in [6.07, 6.45) is -0.679. The van der Waals surface area contributed by atoms with Crippen molar-refractivity contribution in [1.82, 2.24) is 24.6 Å². The maximum atomic E-state index is 13.5. The largest absolute Gasteiger partial charge is 0.417 e. The van der Waals surface area contributed by atoms with Gasteiger partial charge in [-0.05, 0) is 56.7 Å². The standard InChI is InChI=1S/C23H22F3N5O/c1-14-11-19(23(24,25)26)21-16(3)29-31(22(21)27-14)13-20(32)28-15(2)17-7-6-8-18(12-17)30-9-4-5-10-30/h4-12,15H,13H2,1-3H3,(H,28,32). The molecule has 9 heteroatoms. The van der Waals surface area contributed by atoms with Crippen LogP contribution in [0.5, 0.6) is 0 Å². The zero-order chi connectivity index (χ0) is 23.0. The first-order chi connectivity index (χ1) is 15.1. The third-order valence-corrected chi connectivity index (χ3v) is 5.25. The van der Waals surface area contributed by atoms with E-state index in [0.717, 1.165) is 17.3 Å². The SMILES string of the molecule is Cc1cc(C(F)(F)F)c2c(C)nn(CC(=O)NC(C)c3cccc(-n4cccc4)c3)c2n1. The first-order valence-electron chi connectivity index (χ1n) is 10.1. The highest BCUT2D eigenvalue weighted by atomic mass is 19.4. The molecule has 3 aromatic heterocycles. The molecule has 0 aliphatic heterocycles. The predicted octanol–water partition coefficient (Wildman–Crippen LogP) is 4.74. The minimum atomic E-state index is -4.54. The first-order valence-corrected chi connectivity index (χ1v) is 10.1. The number of nitrogens with one attached hydrogen (secondary N) is 1. The number of hydrogen-bond donors (Lipinski definition) is 1. The van der Waals surface area contributed by atoms with Gasteiger partial charge in [0.05, 0.1) is 22.7 Å².